The Morgan fingerprint density at radius 1 is 1.45 bits per heavy atom. The van der Waals surface area contributed by atoms with Gasteiger partial charge in [0.2, 0.25) is 0 Å². The van der Waals surface area contributed by atoms with Crippen molar-refractivity contribution < 1.29 is 0 Å². The Balaban J connectivity index is 2.15. The van der Waals surface area contributed by atoms with Crippen LogP contribution in [0.1, 0.15) is 20.8 Å². The molecule has 1 aliphatic heterocycles. The maximum absolute atomic E-state index is 3.57. The summed E-state index contributed by atoms with van der Waals surface area (Å²) in [5.41, 5.74) is 0. The first kappa shape index (κ1) is 9.01. The molecule has 2 N–H and O–H groups in total. The predicted octanol–water partition coefficient (Wildman–Crippen LogP) is 0.840. The molecule has 1 rings (SSSR count). The zero-order valence-corrected chi connectivity index (χ0v) is 7.85. The van der Waals surface area contributed by atoms with Crippen LogP contribution in [0, 0.1) is 11.8 Å². The molecule has 1 aliphatic rings. The normalized spacial score (nSPS) is 31.6. The zero-order chi connectivity index (χ0) is 8.27. The van der Waals surface area contributed by atoms with Gasteiger partial charge in [0.15, 0.2) is 0 Å². The highest BCUT2D eigenvalue weighted by Gasteiger charge is 2.21. The summed E-state index contributed by atoms with van der Waals surface area (Å²) in [5.74, 6) is 1.57. The summed E-state index contributed by atoms with van der Waals surface area (Å²) in [4.78, 5) is 0. The van der Waals surface area contributed by atoms with Crippen LogP contribution in [0.15, 0.2) is 0 Å². The van der Waals surface area contributed by atoms with Gasteiger partial charge in [0.25, 0.3) is 0 Å². The van der Waals surface area contributed by atoms with Gasteiger partial charge in [-0.2, -0.15) is 0 Å². The standard InChI is InChI=1S/C9H20N2/c1-7(2)4-11-9-6-10-5-8(9)3/h7-11H,4-6H2,1-3H3. The summed E-state index contributed by atoms with van der Waals surface area (Å²) in [6.07, 6.45) is 0. The van der Waals surface area contributed by atoms with Gasteiger partial charge in [0, 0.05) is 12.6 Å². The molecule has 0 radical (unpaired) electrons. The lowest BCUT2D eigenvalue weighted by atomic mass is 10.1. The Morgan fingerprint density at radius 3 is 2.64 bits per heavy atom. The topological polar surface area (TPSA) is 24.1 Å². The fourth-order valence-electron chi connectivity index (χ4n) is 1.47. The molecule has 0 aliphatic carbocycles. The van der Waals surface area contributed by atoms with Crippen LogP contribution in [0.25, 0.3) is 0 Å². The van der Waals surface area contributed by atoms with Gasteiger partial charge in [-0.15, -0.1) is 0 Å². The average Bonchev–Trinajstić information content (AvgIpc) is 2.31. The van der Waals surface area contributed by atoms with Crippen molar-refractivity contribution in [3.05, 3.63) is 0 Å². The number of hydrogen-bond acceptors (Lipinski definition) is 2. The molecule has 1 heterocycles. The van der Waals surface area contributed by atoms with E-state index < -0.39 is 0 Å². The first-order valence-corrected chi connectivity index (χ1v) is 4.64. The number of rotatable bonds is 3. The third kappa shape index (κ3) is 2.80. The van der Waals surface area contributed by atoms with Gasteiger partial charge in [0.05, 0.1) is 0 Å². The molecule has 2 heteroatoms. The van der Waals surface area contributed by atoms with E-state index in [1.54, 1.807) is 0 Å². The van der Waals surface area contributed by atoms with E-state index in [4.69, 9.17) is 0 Å². The van der Waals surface area contributed by atoms with Gasteiger partial charge in [-0.05, 0) is 24.9 Å². The molecule has 0 amide bonds. The minimum absolute atomic E-state index is 0.706. The molecule has 66 valence electrons. The van der Waals surface area contributed by atoms with E-state index in [1.165, 1.54) is 6.54 Å². The summed E-state index contributed by atoms with van der Waals surface area (Å²) < 4.78 is 0. The molecule has 1 fully saturated rings. The molecule has 0 aromatic heterocycles. The summed E-state index contributed by atoms with van der Waals surface area (Å²) in [5, 5.41) is 6.95. The van der Waals surface area contributed by atoms with Crippen molar-refractivity contribution in [2.45, 2.75) is 26.8 Å². The monoisotopic (exact) mass is 156 g/mol. The highest BCUT2D eigenvalue weighted by Crippen LogP contribution is 2.07. The van der Waals surface area contributed by atoms with Crippen molar-refractivity contribution in [1.29, 1.82) is 0 Å². The fourth-order valence-corrected chi connectivity index (χ4v) is 1.47. The highest BCUT2D eigenvalue weighted by atomic mass is 15.0. The molecule has 2 nitrogen and oxygen atoms in total. The van der Waals surface area contributed by atoms with Gasteiger partial charge in [-0.3, -0.25) is 0 Å². The Hall–Kier alpha value is -0.0800. The number of nitrogens with one attached hydrogen (secondary N) is 2. The molecule has 11 heavy (non-hydrogen) atoms. The Morgan fingerprint density at radius 2 is 2.18 bits per heavy atom. The molecule has 0 saturated carbocycles. The van der Waals surface area contributed by atoms with E-state index in [0.29, 0.717) is 6.04 Å². The lowest BCUT2D eigenvalue weighted by molar-refractivity contribution is 0.422. The first-order valence-electron chi connectivity index (χ1n) is 4.64. The van der Waals surface area contributed by atoms with E-state index in [2.05, 4.69) is 31.4 Å². The highest BCUT2D eigenvalue weighted by molar-refractivity contribution is 4.83. The van der Waals surface area contributed by atoms with E-state index in [1.807, 2.05) is 0 Å². The molecule has 0 spiro atoms. The van der Waals surface area contributed by atoms with Crippen LogP contribution in [0.2, 0.25) is 0 Å². The minimum Gasteiger partial charge on any atom is -0.315 e. The summed E-state index contributed by atoms with van der Waals surface area (Å²) in [6, 6.07) is 0.706. The van der Waals surface area contributed by atoms with Gasteiger partial charge < -0.3 is 10.6 Å². The van der Waals surface area contributed by atoms with Crippen LogP contribution in [-0.4, -0.2) is 25.7 Å². The Kier molecular flexibility index (Phi) is 3.34. The third-order valence-corrected chi connectivity index (χ3v) is 2.31. The van der Waals surface area contributed by atoms with E-state index in [9.17, 15) is 0 Å². The SMILES string of the molecule is CC(C)CNC1CNCC1C. The van der Waals surface area contributed by atoms with Crippen molar-refractivity contribution in [2.75, 3.05) is 19.6 Å². The van der Waals surface area contributed by atoms with Crippen molar-refractivity contribution in [2.24, 2.45) is 11.8 Å². The maximum Gasteiger partial charge on any atom is 0.0230 e. The largest absolute Gasteiger partial charge is 0.315 e. The third-order valence-electron chi connectivity index (χ3n) is 2.31. The minimum atomic E-state index is 0.706. The molecular weight excluding hydrogens is 136 g/mol. The van der Waals surface area contributed by atoms with Gasteiger partial charge >= 0.3 is 0 Å². The van der Waals surface area contributed by atoms with Gasteiger partial charge in [-0.1, -0.05) is 20.8 Å². The van der Waals surface area contributed by atoms with Crippen LogP contribution in [0.5, 0.6) is 0 Å². The van der Waals surface area contributed by atoms with Gasteiger partial charge in [0.1, 0.15) is 0 Å². The van der Waals surface area contributed by atoms with Crippen LogP contribution < -0.4 is 10.6 Å². The fraction of sp³-hybridized carbons (Fsp3) is 1.00. The van der Waals surface area contributed by atoms with Crippen molar-refractivity contribution >= 4 is 0 Å². The zero-order valence-electron chi connectivity index (χ0n) is 7.85. The van der Waals surface area contributed by atoms with E-state index in [0.717, 1.165) is 24.9 Å². The molecular formula is C9H20N2. The summed E-state index contributed by atoms with van der Waals surface area (Å²) in [6.45, 7) is 10.3. The molecule has 0 aromatic rings. The van der Waals surface area contributed by atoms with Crippen LogP contribution in [0.3, 0.4) is 0 Å². The second-order valence-electron chi connectivity index (χ2n) is 4.04. The predicted molar refractivity (Wildman–Crippen MR) is 48.7 cm³/mol. The lowest BCUT2D eigenvalue weighted by Crippen LogP contribution is -2.37. The van der Waals surface area contributed by atoms with Crippen molar-refractivity contribution in [3.63, 3.8) is 0 Å². The summed E-state index contributed by atoms with van der Waals surface area (Å²) in [7, 11) is 0. The molecule has 2 unspecified atom stereocenters. The second-order valence-corrected chi connectivity index (χ2v) is 4.04. The maximum atomic E-state index is 3.57. The van der Waals surface area contributed by atoms with Crippen LogP contribution in [-0.2, 0) is 0 Å². The smallest absolute Gasteiger partial charge is 0.0230 e. The Labute approximate surface area is 69.8 Å². The van der Waals surface area contributed by atoms with E-state index >= 15 is 0 Å². The van der Waals surface area contributed by atoms with E-state index in [-0.39, 0.29) is 0 Å². The van der Waals surface area contributed by atoms with Crippen LogP contribution in [0.4, 0.5) is 0 Å². The number of hydrogen-bond donors (Lipinski definition) is 2. The quantitative estimate of drug-likeness (QED) is 0.633. The first-order chi connectivity index (χ1) is 5.20. The van der Waals surface area contributed by atoms with Gasteiger partial charge in [-0.25, -0.2) is 0 Å². The summed E-state index contributed by atoms with van der Waals surface area (Å²) >= 11 is 0. The van der Waals surface area contributed by atoms with Crippen molar-refractivity contribution in [3.8, 4) is 0 Å². The second kappa shape index (κ2) is 4.07. The molecule has 0 aromatic carbocycles. The molecule has 1 saturated heterocycles. The Bertz CT molecular complexity index is 112. The van der Waals surface area contributed by atoms with Crippen LogP contribution >= 0.6 is 0 Å². The van der Waals surface area contributed by atoms with Crippen molar-refractivity contribution in [1.82, 2.24) is 10.6 Å². The lowest BCUT2D eigenvalue weighted by Gasteiger charge is -2.17. The molecule has 2 atom stereocenters. The molecule has 0 bridgehead atoms. The average molecular weight is 156 g/mol.